The van der Waals surface area contributed by atoms with Crippen LogP contribution in [0.2, 0.25) is 0 Å². The Hall–Kier alpha value is -1.67. The van der Waals surface area contributed by atoms with Gasteiger partial charge in [-0.05, 0) is 18.6 Å². The molecule has 0 atom stereocenters. The number of rotatable bonds is 9. The van der Waals surface area contributed by atoms with Gasteiger partial charge < -0.3 is 9.80 Å². The Morgan fingerprint density at radius 1 is 1.15 bits per heavy atom. The first kappa shape index (κ1) is 20.6. The van der Waals surface area contributed by atoms with Crippen LogP contribution in [0.1, 0.15) is 32.6 Å². The van der Waals surface area contributed by atoms with Gasteiger partial charge in [0.05, 0.1) is 6.26 Å². The second kappa shape index (κ2) is 9.87. The van der Waals surface area contributed by atoms with Crippen molar-refractivity contribution in [2.75, 3.05) is 50.4 Å². The van der Waals surface area contributed by atoms with E-state index in [1.165, 1.54) is 10.6 Å². The van der Waals surface area contributed by atoms with Gasteiger partial charge in [-0.25, -0.2) is 17.7 Å². The molecule has 1 aromatic rings. The molecule has 146 valence electrons. The van der Waals surface area contributed by atoms with E-state index in [4.69, 9.17) is 0 Å². The van der Waals surface area contributed by atoms with Crippen molar-refractivity contribution in [2.24, 2.45) is 0 Å². The van der Waals surface area contributed by atoms with Gasteiger partial charge >= 0.3 is 0 Å². The Kier molecular flexibility index (Phi) is 7.84. The van der Waals surface area contributed by atoms with E-state index in [0.29, 0.717) is 19.6 Å². The normalized spacial score (nSPS) is 15.5. The van der Waals surface area contributed by atoms with Crippen molar-refractivity contribution < 1.29 is 13.2 Å². The van der Waals surface area contributed by atoms with Crippen molar-refractivity contribution in [3.8, 4) is 0 Å². The number of anilines is 1. The van der Waals surface area contributed by atoms with Crippen molar-refractivity contribution in [1.29, 1.82) is 0 Å². The predicted molar refractivity (Wildman–Crippen MR) is 104 cm³/mol. The maximum Gasteiger partial charge on any atom is 0.224 e. The largest absolute Gasteiger partial charge is 0.353 e. The third-order valence-corrected chi connectivity index (χ3v) is 5.96. The smallest absolute Gasteiger partial charge is 0.224 e. The summed E-state index contributed by atoms with van der Waals surface area (Å²) in [6.45, 7) is 5.62. The third-order valence-electron chi connectivity index (χ3n) is 4.66. The molecule has 0 N–H and O–H groups in total. The molecule has 1 aliphatic heterocycles. The van der Waals surface area contributed by atoms with E-state index in [2.05, 4.69) is 16.8 Å². The van der Waals surface area contributed by atoms with Gasteiger partial charge in [0.15, 0.2) is 0 Å². The standard InChI is InChI=1S/C18H30N4O3S/c1-3-4-7-11-22(26(2,24)25)12-9-18(23)21-15-13-20(14-16-21)17-8-5-6-10-19-17/h5-6,8,10H,3-4,7,9,11-16H2,1-2H3. The fourth-order valence-electron chi connectivity index (χ4n) is 3.09. The summed E-state index contributed by atoms with van der Waals surface area (Å²) in [5.41, 5.74) is 0. The van der Waals surface area contributed by atoms with E-state index in [1.807, 2.05) is 23.1 Å². The van der Waals surface area contributed by atoms with Crippen molar-refractivity contribution in [3.63, 3.8) is 0 Å². The molecule has 2 rings (SSSR count). The molecule has 1 aromatic heterocycles. The van der Waals surface area contributed by atoms with Crippen molar-refractivity contribution in [1.82, 2.24) is 14.2 Å². The number of aromatic nitrogens is 1. The predicted octanol–water partition coefficient (Wildman–Crippen LogP) is 1.57. The number of pyridine rings is 1. The lowest BCUT2D eigenvalue weighted by atomic mass is 10.2. The zero-order valence-electron chi connectivity index (χ0n) is 15.8. The second-order valence-electron chi connectivity index (χ2n) is 6.67. The van der Waals surface area contributed by atoms with E-state index in [9.17, 15) is 13.2 Å². The SMILES string of the molecule is CCCCCN(CCC(=O)N1CCN(c2ccccn2)CC1)S(C)(=O)=O. The highest BCUT2D eigenvalue weighted by Gasteiger charge is 2.23. The monoisotopic (exact) mass is 382 g/mol. The Morgan fingerprint density at radius 2 is 1.88 bits per heavy atom. The fraction of sp³-hybridized carbons (Fsp3) is 0.667. The van der Waals surface area contributed by atoms with Crippen molar-refractivity contribution in [2.45, 2.75) is 32.6 Å². The van der Waals surface area contributed by atoms with Gasteiger partial charge in [-0.15, -0.1) is 0 Å². The van der Waals surface area contributed by atoms with Crippen molar-refractivity contribution in [3.05, 3.63) is 24.4 Å². The van der Waals surface area contributed by atoms with Gasteiger partial charge in [0.1, 0.15) is 5.82 Å². The maximum absolute atomic E-state index is 12.5. The third kappa shape index (κ3) is 6.25. The number of hydrogen-bond donors (Lipinski definition) is 0. The number of piperazine rings is 1. The van der Waals surface area contributed by atoms with E-state index in [1.54, 1.807) is 6.20 Å². The highest BCUT2D eigenvalue weighted by molar-refractivity contribution is 7.88. The lowest BCUT2D eigenvalue weighted by Gasteiger charge is -2.35. The Bertz CT molecular complexity index is 658. The van der Waals surface area contributed by atoms with Crippen LogP contribution in [-0.4, -0.2) is 74.0 Å². The summed E-state index contributed by atoms with van der Waals surface area (Å²) >= 11 is 0. The van der Waals surface area contributed by atoms with Crippen LogP contribution in [0, 0.1) is 0 Å². The number of hydrogen-bond acceptors (Lipinski definition) is 5. The molecule has 26 heavy (non-hydrogen) atoms. The van der Waals surface area contributed by atoms with Gasteiger partial charge in [-0.2, -0.15) is 0 Å². The highest BCUT2D eigenvalue weighted by Crippen LogP contribution is 2.13. The van der Waals surface area contributed by atoms with Crippen LogP contribution in [0.15, 0.2) is 24.4 Å². The first-order valence-electron chi connectivity index (χ1n) is 9.30. The molecule has 0 aliphatic carbocycles. The zero-order chi connectivity index (χ0) is 19.0. The Labute approximate surface area is 157 Å². The molecule has 2 heterocycles. The van der Waals surface area contributed by atoms with Crippen LogP contribution in [0.4, 0.5) is 5.82 Å². The molecule has 1 amide bonds. The summed E-state index contributed by atoms with van der Waals surface area (Å²) in [5.74, 6) is 0.952. The van der Waals surface area contributed by atoms with Crippen LogP contribution >= 0.6 is 0 Å². The molecule has 1 saturated heterocycles. The zero-order valence-corrected chi connectivity index (χ0v) is 16.6. The Balaban J connectivity index is 1.80. The van der Waals surface area contributed by atoms with Crippen LogP contribution in [0.25, 0.3) is 0 Å². The maximum atomic E-state index is 12.5. The van der Waals surface area contributed by atoms with Gasteiger partial charge in [0, 0.05) is 51.9 Å². The molecular weight excluding hydrogens is 352 g/mol. The van der Waals surface area contributed by atoms with Crippen LogP contribution < -0.4 is 4.90 Å². The number of sulfonamides is 1. The first-order valence-corrected chi connectivity index (χ1v) is 11.2. The van der Waals surface area contributed by atoms with Crippen molar-refractivity contribution >= 4 is 21.7 Å². The summed E-state index contributed by atoms with van der Waals surface area (Å²) in [4.78, 5) is 20.8. The molecule has 0 bridgehead atoms. The summed E-state index contributed by atoms with van der Waals surface area (Å²) in [5, 5.41) is 0. The highest BCUT2D eigenvalue weighted by atomic mass is 32.2. The first-order chi connectivity index (χ1) is 12.4. The second-order valence-corrected chi connectivity index (χ2v) is 8.66. The Morgan fingerprint density at radius 3 is 2.46 bits per heavy atom. The number of unbranched alkanes of at least 4 members (excludes halogenated alkanes) is 2. The molecular formula is C18H30N4O3S. The van der Waals surface area contributed by atoms with E-state index in [0.717, 1.165) is 38.2 Å². The average Bonchev–Trinajstić information content (AvgIpc) is 2.64. The molecule has 0 aromatic carbocycles. The minimum atomic E-state index is -3.27. The van der Waals surface area contributed by atoms with Gasteiger partial charge in [-0.1, -0.05) is 25.8 Å². The molecule has 1 aliphatic rings. The molecule has 0 saturated carbocycles. The summed E-state index contributed by atoms with van der Waals surface area (Å²) in [6, 6.07) is 5.81. The molecule has 0 spiro atoms. The average molecular weight is 383 g/mol. The number of nitrogens with zero attached hydrogens (tertiary/aromatic N) is 4. The number of amides is 1. The summed E-state index contributed by atoms with van der Waals surface area (Å²) < 4.78 is 25.2. The topological polar surface area (TPSA) is 73.8 Å². The van der Waals surface area contributed by atoms with Crippen LogP contribution in [0.5, 0.6) is 0 Å². The van der Waals surface area contributed by atoms with E-state index < -0.39 is 10.0 Å². The van der Waals surface area contributed by atoms with Crippen LogP contribution in [0.3, 0.4) is 0 Å². The lowest BCUT2D eigenvalue weighted by molar-refractivity contribution is -0.131. The van der Waals surface area contributed by atoms with Crippen LogP contribution in [-0.2, 0) is 14.8 Å². The van der Waals surface area contributed by atoms with Gasteiger partial charge in [0.25, 0.3) is 0 Å². The van der Waals surface area contributed by atoms with E-state index in [-0.39, 0.29) is 18.9 Å². The summed E-state index contributed by atoms with van der Waals surface area (Å²) in [6.07, 6.45) is 6.09. The molecule has 8 heteroatoms. The van der Waals surface area contributed by atoms with E-state index >= 15 is 0 Å². The number of carbonyl (C=O) groups is 1. The fourth-order valence-corrected chi connectivity index (χ4v) is 3.97. The molecule has 1 fully saturated rings. The van der Waals surface area contributed by atoms with Gasteiger partial charge in [0.2, 0.25) is 15.9 Å². The molecule has 7 nitrogen and oxygen atoms in total. The quantitative estimate of drug-likeness (QED) is 0.606. The molecule has 0 unspecified atom stereocenters. The minimum Gasteiger partial charge on any atom is -0.353 e. The minimum absolute atomic E-state index is 0.0230. The van der Waals surface area contributed by atoms with Gasteiger partial charge in [-0.3, -0.25) is 4.79 Å². The summed E-state index contributed by atoms with van der Waals surface area (Å²) in [7, 11) is -3.27. The number of carbonyl (C=O) groups excluding carboxylic acids is 1. The molecule has 0 radical (unpaired) electrons. The lowest BCUT2D eigenvalue weighted by Crippen LogP contribution is -2.49.